The number of phenolic OH excluding ortho intramolecular Hbond substituents is 1. The van der Waals surface area contributed by atoms with Gasteiger partial charge in [0, 0.05) is 24.3 Å². The molecular formula is C19H23N3O2. The number of methoxy groups -OCH3 is 1. The molecule has 0 aromatic heterocycles. The molecule has 0 unspecified atom stereocenters. The van der Waals surface area contributed by atoms with Gasteiger partial charge in [0.2, 0.25) is 0 Å². The van der Waals surface area contributed by atoms with Crippen LogP contribution in [-0.4, -0.2) is 49.1 Å². The normalized spacial score (nSPS) is 15.5. The van der Waals surface area contributed by atoms with E-state index in [1.54, 1.807) is 13.2 Å². The highest BCUT2D eigenvalue weighted by molar-refractivity contribution is 5.99. The Balaban J connectivity index is 1.65. The Kier molecular flexibility index (Phi) is 4.89. The second-order valence-electron chi connectivity index (χ2n) is 5.85. The molecule has 0 spiro atoms. The lowest BCUT2D eigenvalue weighted by Crippen LogP contribution is -2.44. The molecule has 0 amide bonds. The Hall–Kier alpha value is -2.69. The lowest BCUT2D eigenvalue weighted by atomic mass is 10.1. The predicted molar refractivity (Wildman–Crippen MR) is 97.1 cm³/mol. The van der Waals surface area contributed by atoms with Crippen molar-refractivity contribution >= 4 is 11.4 Å². The lowest BCUT2D eigenvalue weighted by Gasteiger charge is -2.35. The van der Waals surface area contributed by atoms with E-state index in [0.717, 1.165) is 37.5 Å². The first kappa shape index (κ1) is 16.2. The molecule has 0 saturated carbocycles. The van der Waals surface area contributed by atoms with E-state index in [0.29, 0.717) is 5.75 Å². The SMILES string of the molecule is COc1cc(/C(C)=N\N2CCN(c3ccccc3)CC2)ccc1O. The molecule has 1 aliphatic rings. The first-order chi connectivity index (χ1) is 11.7. The van der Waals surface area contributed by atoms with Crippen molar-refractivity contribution in [2.24, 2.45) is 5.10 Å². The molecule has 1 fully saturated rings. The zero-order valence-corrected chi connectivity index (χ0v) is 14.1. The Bertz CT molecular complexity index is 708. The summed E-state index contributed by atoms with van der Waals surface area (Å²) >= 11 is 0. The van der Waals surface area contributed by atoms with Crippen LogP contribution in [0.15, 0.2) is 53.6 Å². The fraction of sp³-hybridized carbons (Fsp3) is 0.316. The lowest BCUT2D eigenvalue weighted by molar-refractivity contribution is 0.270. The molecule has 2 aromatic carbocycles. The number of phenols is 1. The van der Waals surface area contributed by atoms with E-state index in [1.165, 1.54) is 5.69 Å². The van der Waals surface area contributed by atoms with Crippen LogP contribution in [0.3, 0.4) is 0 Å². The van der Waals surface area contributed by atoms with Crippen molar-refractivity contribution in [3.63, 3.8) is 0 Å². The Morgan fingerprint density at radius 3 is 2.42 bits per heavy atom. The molecule has 0 bridgehead atoms. The number of ether oxygens (including phenoxy) is 1. The average molecular weight is 325 g/mol. The van der Waals surface area contributed by atoms with Gasteiger partial charge < -0.3 is 14.7 Å². The zero-order chi connectivity index (χ0) is 16.9. The number of nitrogens with zero attached hydrogens (tertiary/aromatic N) is 3. The summed E-state index contributed by atoms with van der Waals surface area (Å²) in [6, 6.07) is 15.8. The number of para-hydroxylation sites is 1. The van der Waals surface area contributed by atoms with Crippen LogP contribution in [-0.2, 0) is 0 Å². The Morgan fingerprint density at radius 2 is 1.75 bits per heavy atom. The van der Waals surface area contributed by atoms with Gasteiger partial charge >= 0.3 is 0 Å². The van der Waals surface area contributed by atoms with Crippen LogP contribution in [0.25, 0.3) is 0 Å². The van der Waals surface area contributed by atoms with Gasteiger partial charge in [0.05, 0.1) is 25.9 Å². The topological polar surface area (TPSA) is 48.3 Å². The van der Waals surface area contributed by atoms with E-state index < -0.39 is 0 Å². The molecular weight excluding hydrogens is 302 g/mol. The van der Waals surface area contributed by atoms with E-state index in [9.17, 15) is 5.11 Å². The molecule has 3 rings (SSSR count). The number of hydrogen-bond acceptors (Lipinski definition) is 5. The van der Waals surface area contributed by atoms with Gasteiger partial charge in [-0.05, 0) is 37.3 Å². The maximum Gasteiger partial charge on any atom is 0.161 e. The fourth-order valence-corrected chi connectivity index (χ4v) is 2.87. The first-order valence-corrected chi connectivity index (χ1v) is 8.15. The second kappa shape index (κ2) is 7.25. The number of hydrazone groups is 1. The molecule has 0 aliphatic carbocycles. The molecule has 1 aliphatic heterocycles. The minimum absolute atomic E-state index is 0.144. The largest absolute Gasteiger partial charge is 0.504 e. The summed E-state index contributed by atoms with van der Waals surface area (Å²) in [7, 11) is 1.55. The summed E-state index contributed by atoms with van der Waals surface area (Å²) in [5.74, 6) is 0.612. The first-order valence-electron chi connectivity index (χ1n) is 8.15. The van der Waals surface area contributed by atoms with Crippen LogP contribution in [0.1, 0.15) is 12.5 Å². The van der Waals surface area contributed by atoms with Crippen molar-refractivity contribution in [3.8, 4) is 11.5 Å². The monoisotopic (exact) mass is 325 g/mol. The fourth-order valence-electron chi connectivity index (χ4n) is 2.87. The van der Waals surface area contributed by atoms with Crippen molar-refractivity contribution in [3.05, 3.63) is 54.1 Å². The van der Waals surface area contributed by atoms with Gasteiger partial charge in [-0.3, -0.25) is 5.01 Å². The van der Waals surface area contributed by atoms with Gasteiger partial charge in [0.15, 0.2) is 11.5 Å². The Morgan fingerprint density at radius 1 is 1.04 bits per heavy atom. The minimum atomic E-state index is 0.144. The third-order valence-corrected chi connectivity index (χ3v) is 4.27. The van der Waals surface area contributed by atoms with Crippen molar-refractivity contribution in [2.75, 3.05) is 38.2 Å². The third-order valence-electron chi connectivity index (χ3n) is 4.27. The molecule has 0 atom stereocenters. The van der Waals surface area contributed by atoms with Crippen molar-refractivity contribution in [1.29, 1.82) is 0 Å². The van der Waals surface area contributed by atoms with Crippen molar-refractivity contribution in [1.82, 2.24) is 5.01 Å². The summed E-state index contributed by atoms with van der Waals surface area (Å²) < 4.78 is 5.16. The standard InChI is InChI=1S/C19H23N3O2/c1-15(16-8-9-18(23)19(14-16)24-2)20-22-12-10-21(11-13-22)17-6-4-3-5-7-17/h3-9,14,23H,10-13H2,1-2H3/b20-15-. The zero-order valence-electron chi connectivity index (χ0n) is 14.1. The molecule has 0 radical (unpaired) electrons. The van der Waals surface area contributed by atoms with Gasteiger partial charge in [-0.1, -0.05) is 18.2 Å². The molecule has 2 aromatic rings. The van der Waals surface area contributed by atoms with Crippen molar-refractivity contribution < 1.29 is 9.84 Å². The number of benzene rings is 2. The summed E-state index contributed by atoms with van der Waals surface area (Å²) in [4.78, 5) is 2.38. The molecule has 126 valence electrons. The highest BCUT2D eigenvalue weighted by Crippen LogP contribution is 2.26. The van der Waals surface area contributed by atoms with Gasteiger partial charge in [0.25, 0.3) is 0 Å². The third kappa shape index (κ3) is 3.62. The summed E-state index contributed by atoms with van der Waals surface area (Å²) in [5, 5.41) is 16.5. The molecule has 1 N–H and O–H groups in total. The van der Waals surface area contributed by atoms with Gasteiger partial charge in [-0.2, -0.15) is 5.10 Å². The molecule has 1 saturated heterocycles. The van der Waals surface area contributed by atoms with E-state index in [-0.39, 0.29) is 5.75 Å². The summed E-state index contributed by atoms with van der Waals surface area (Å²) in [5.41, 5.74) is 3.14. The summed E-state index contributed by atoms with van der Waals surface area (Å²) in [6.45, 7) is 5.68. The number of piperazine rings is 1. The smallest absolute Gasteiger partial charge is 0.161 e. The molecule has 1 heterocycles. The van der Waals surface area contributed by atoms with E-state index in [4.69, 9.17) is 9.84 Å². The van der Waals surface area contributed by atoms with E-state index in [2.05, 4.69) is 34.2 Å². The molecule has 5 heteroatoms. The number of aromatic hydroxyl groups is 1. The van der Waals surface area contributed by atoms with Crippen LogP contribution < -0.4 is 9.64 Å². The number of anilines is 1. The van der Waals surface area contributed by atoms with Gasteiger partial charge in [-0.25, -0.2) is 0 Å². The highest BCUT2D eigenvalue weighted by Gasteiger charge is 2.16. The van der Waals surface area contributed by atoms with Gasteiger partial charge in [0.1, 0.15) is 0 Å². The Labute approximate surface area is 142 Å². The van der Waals surface area contributed by atoms with E-state index in [1.807, 2.05) is 25.1 Å². The molecule has 24 heavy (non-hydrogen) atoms. The number of hydrogen-bond donors (Lipinski definition) is 1. The van der Waals surface area contributed by atoms with Crippen LogP contribution in [0.2, 0.25) is 0 Å². The van der Waals surface area contributed by atoms with Crippen LogP contribution in [0.4, 0.5) is 5.69 Å². The maximum atomic E-state index is 9.69. The average Bonchev–Trinajstić information content (AvgIpc) is 2.63. The second-order valence-corrected chi connectivity index (χ2v) is 5.85. The van der Waals surface area contributed by atoms with E-state index >= 15 is 0 Å². The van der Waals surface area contributed by atoms with Crippen LogP contribution in [0.5, 0.6) is 11.5 Å². The van der Waals surface area contributed by atoms with Crippen molar-refractivity contribution in [2.45, 2.75) is 6.92 Å². The van der Waals surface area contributed by atoms with Crippen LogP contribution >= 0.6 is 0 Å². The minimum Gasteiger partial charge on any atom is -0.504 e. The van der Waals surface area contributed by atoms with Gasteiger partial charge in [-0.15, -0.1) is 0 Å². The molecule has 5 nitrogen and oxygen atoms in total. The summed E-state index contributed by atoms with van der Waals surface area (Å²) in [6.07, 6.45) is 0. The highest BCUT2D eigenvalue weighted by atomic mass is 16.5. The van der Waals surface area contributed by atoms with Crippen LogP contribution in [0, 0.1) is 0 Å². The maximum absolute atomic E-state index is 9.69. The quantitative estimate of drug-likeness (QED) is 0.878. The predicted octanol–water partition coefficient (Wildman–Crippen LogP) is 2.95. The number of rotatable bonds is 4.